The van der Waals surface area contributed by atoms with Crippen LogP contribution in [0.5, 0.6) is 5.75 Å². The highest BCUT2D eigenvalue weighted by Gasteiger charge is 2.18. The van der Waals surface area contributed by atoms with Gasteiger partial charge in [-0.15, -0.1) is 0 Å². The molecule has 0 fully saturated rings. The topological polar surface area (TPSA) is 41.7 Å². The fraction of sp³-hybridized carbons (Fsp3) is 0.286. The van der Waals surface area contributed by atoms with Gasteiger partial charge >= 0.3 is 0 Å². The van der Waals surface area contributed by atoms with E-state index in [2.05, 4.69) is 14.8 Å². The molecular formula is C21H25N3O2. The summed E-state index contributed by atoms with van der Waals surface area (Å²) < 4.78 is 12.0. The number of para-hydroxylation sites is 1. The summed E-state index contributed by atoms with van der Waals surface area (Å²) in [5.41, 5.74) is 2.64. The minimum absolute atomic E-state index is 0.0633. The van der Waals surface area contributed by atoms with E-state index in [9.17, 15) is 0 Å². The van der Waals surface area contributed by atoms with Crippen molar-refractivity contribution in [2.75, 3.05) is 34.7 Å². The number of rotatable bonds is 7. The lowest BCUT2D eigenvalue weighted by Crippen LogP contribution is -2.41. The van der Waals surface area contributed by atoms with Gasteiger partial charge in [-0.3, -0.25) is 4.90 Å². The molecule has 0 spiro atoms. The Labute approximate surface area is 154 Å². The monoisotopic (exact) mass is 351 g/mol. The van der Waals surface area contributed by atoms with Gasteiger partial charge in [-0.2, -0.15) is 0 Å². The van der Waals surface area contributed by atoms with E-state index in [0.717, 1.165) is 29.1 Å². The van der Waals surface area contributed by atoms with Crippen molar-refractivity contribution in [3.63, 3.8) is 0 Å². The third kappa shape index (κ3) is 4.31. The van der Waals surface area contributed by atoms with Crippen LogP contribution in [0.4, 0.5) is 0 Å². The Morgan fingerprint density at radius 2 is 1.65 bits per heavy atom. The Balaban J connectivity index is 1.89. The van der Waals surface area contributed by atoms with Gasteiger partial charge in [0.25, 0.3) is 0 Å². The highest BCUT2D eigenvalue weighted by Crippen LogP contribution is 2.32. The highest BCUT2D eigenvalue weighted by atomic mass is 16.5. The average molecular weight is 351 g/mol. The molecule has 0 amide bonds. The Bertz CT molecular complexity index is 828. The molecule has 0 aliphatic rings. The molecule has 5 nitrogen and oxygen atoms in total. The van der Waals surface area contributed by atoms with Gasteiger partial charge in [-0.1, -0.05) is 30.3 Å². The lowest BCUT2D eigenvalue weighted by Gasteiger charge is -2.28. The molecule has 0 aliphatic heterocycles. The Kier molecular flexibility index (Phi) is 5.71. The van der Waals surface area contributed by atoms with E-state index < -0.39 is 0 Å². The summed E-state index contributed by atoms with van der Waals surface area (Å²) in [5.74, 6) is 1.40. The largest absolute Gasteiger partial charge is 0.473 e. The number of nitrogens with zero attached hydrogens (tertiary/aromatic N) is 3. The van der Waals surface area contributed by atoms with Crippen molar-refractivity contribution in [3.8, 4) is 28.5 Å². The van der Waals surface area contributed by atoms with Crippen molar-refractivity contribution in [2.24, 2.45) is 0 Å². The SMILES string of the molecule is CN(C)CC(Oc1ccccc1-c1coc(-c2ccccc2)n1)N(C)C. The van der Waals surface area contributed by atoms with Crippen molar-refractivity contribution in [3.05, 3.63) is 60.9 Å². The molecule has 1 aromatic heterocycles. The van der Waals surface area contributed by atoms with Gasteiger partial charge in [0.15, 0.2) is 6.23 Å². The molecule has 1 atom stereocenters. The number of hydrogen-bond donors (Lipinski definition) is 0. The number of ether oxygens (including phenoxy) is 1. The van der Waals surface area contributed by atoms with Crippen LogP contribution in [0.3, 0.4) is 0 Å². The van der Waals surface area contributed by atoms with E-state index >= 15 is 0 Å². The van der Waals surface area contributed by atoms with Crippen LogP contribution in [0.2, 0.25) is 0 Å². The van der Waals surface area contributed by atoms with Crippen LogP contribution >= 0.6 is 0 Å². The third-order valence-corrected chi connectivity index (χ3v) is 4.05. The molecule has 136 valence electrons. The summed E-state index contributed by atoms with van der Waals surface area (Å²) in [6.45, 7) is 0.787. The molecule has 5 heteroatoms. The normalized spacial score (nSPS) is 12.5. The molecular weight excluding hydrogens is 326 g/mol. The predicted molar refractivity (Wildman–Crippen MR) is 104 cm³/mol. The second kappa shape index (κ2) is 8.17. The minimum Gasteiger partial charge on any atom is -0.473 e. The quantitative estimate of drug-likeness (QED) is 0.605. The maximum Gasteiger partial charge on any atom is 0.226 e. The zero-order chi connectivity index (χ0) is 18.5. The van der Waals surface area contributed by atoms with Crippen LogP contribution in [0.25, 0.3) is 22.7 Å². The van der Waals surface area contributed by atoms with E-state index in [1.54, 1.807) is 6.26 Å². The molecule has 0 bridgehead atoms. The Morgan fingerprint density at radius 1 is 0.962 bits per heavy atom. The van der Waals surface area contributed by atoms with Crippen LogP contribution in [0.1, 0.15) is 0 Å². The van der Waals surface area contributed by atoms with Crippen LogP contribution in [-0.2, 0) is 0 Å². The second-order valence-electron chi connectivity index (χ2n) is 6.70. The lowest BCUT2D eigenvalue weighted by molar-refractivity contribution is 0.0422. The smallest absolute Gasteiger partial charge is 0.226 e. The molecule has 2 aromatic carbocycles. The fourth-order valence-electron chi connectivity index (χ4n) is 2.66. The van der Waals surface area contributed by atoms with Crippen molar-refractivity contribution in [1.29, 1.82) is 0 Å². The van der Waals surface area contributed by atoms with Crippen LogP contribution in [0, 0.1) is 0 Å². The number of oxazole rings is 1. The van der Waals surface area contributed by atoms with Gasteiger partial charge in [0.2, 0.25) is 5.89 Å². The van der Waals surface area contributed by atoms with Gasteiger partial charge in [-0.25, -0.2) is 4.98 Å². The fourth-order valence-corrected chi connectivity index (χ4v) is 2.66. The van der Waals surface area contributed by atoms with Crippen molar-refractivity contribution in [1.82, 2.24) is 14.8 Å². The first-order valence-corrected chi connectivity index (χ1v) is 8.63. The molecule has 1 heterocycles. The molecule has 26 heavy (non-hydrogen) atoms. The molecule has 0 saturated carbocycles. The van der Waals surface area contributed by atoms with Crippen molar-refractivity contribution >= 4 is 0 Å². The van der Waals surface area contributed by atoms with Crippen LogP contribution in [-0.4, -0.2) is 55.7 Å². The van der Waals surface area contributed by atoms with E-state index in [-0.39, 0.29) is 6.23 Å². The third-order valence-electron chi connectivity index (χ3n) is 4.05. The van der Waals surface area contributed by atoms with Crippen LogP contribution in [0.15, 0.2) is 65.3 Å². The van der Waals surface area contributed by atoms with Crippen LogP contribution < -0.4 is 4.74 Å². The summed E-state index contributed by atoms with van der Waals surface area (Å²) >= 11 is 0. The van der Waals surface area contributed by atoms with Gasteiger partial charge in [0, 0.05) is 17.7 Å². The Morgan fingerprint density at radius 3 is 2.35 bits per heavy atom. The van der Waals surface area contributed by atoms with Gasteiger partial charge in [-0.05, 0) is 52.5 Å². The first-order valence-electron chi connectivity index (χ1n) is 8.63. The van der Waals surface area contributed by atoms with Crippen molar-refractivity contribution < 1.29 is 9.15 Å². The highest BCUT2D eigenvalue weighted by molar-refractivity contribution is 5.68. The molecule has 0 saturated heterocycles. The summed E-state index contributed by atoms with van der Waals surface area (Å²) in [6, 6.07) is 17.8. The maximum absolute atomic E-state index is 6.29. The average Bonchev–Trinajstić information content (AvgIpc) is 3.12. The van der Waals surface area contributed by atoms with E-state index in [4.69, 9.17) is 9.15 Å². The molecule has 0 aliphatic carbocycles. The zero-order valence-electron chi connectivity index (χ0n) is 15.7. The summed E-state index contributed by atoms with van der Waals surface area (Å²) in [4.78, 5) is 8.83. The standard InChI is InChI=1S/C21H25N3O2/c1-23(2)14-20(24(3)4)26-19-13-9-8-12-17(19)18-15-25-21(22-18)16-10-6-5-7-11-16/h5-13,15,20H,14H2,1-4H3. The summed E-state index contributed by atoms with van der Waals surface area (Å²) in [6.07, 6.45) is 1.62. The lowest BCUT2D eigenvalue weighted by atomic mass is 10.1. The molecule has 0 radical (unpaired) electrons. The second-order valence-corrected chi connectivity index (χ2v) is 6.70. The van der Waals surface area contributed by atoms with E-state index in [1.807, 2.05) is 82.8 Å². The zero-order valence-corrected chi connectivity index (χ0v) is 15.7. The predicted octanol–water partition coefficient (Wildman–Crippen LogP) is 3.84. The van der Waals surface area contributed by atoms with E-state index in [0.29, 0.717) is 5.89 Å². The number of likely N-dealkylation sites (N-methyl/N-ethyl adjacent to an activating group) is 2. The number of aromatic nitrogens is 1. The molecule has 3 aromatic rings. The van der Waals surface area contributed by atoms with E-state index in [1.165, 1.54) is 0 Å². The maximum atomic E-state index is 6.29. The summed E-state index contributed by atoms with van der Waals surface area (Å²) in [5, 5.41) is 0. The Hall–Kier alpha value is -2.63. The van der Waals surface area contributed by atoms with Gasteiger partial charge in [0.1, 0.15) is 17.7 Å². The molecule has 0 N–H and O–H groups in total. The summed E-state index contributed by atoms with van der Waals surface area (Å²) in [7, 11) is 8.10. The van der Waals surface area contributed by atoms with Crippen molar-refractivity contribution in [2.45, 2.75) is 6.23 Å². The molecule has 1 unspecified atom stereocenters. The number of hydrogen-bond acceptors (Lipinski definition) is 5. The van der Waals surface area contributed by atoms with Gasteiger partial charge < -0.3 is 14.1 Å². The minimum atomic E-state index is -0.0633. The number of benzene rings is 2. The first kappa shape index (κ1) is 18.2. The molecule has 3 rings (SSSR count). The van der Waals surface area contributed by atoms with Gasteiger partial charge in [0.05, 0.1) is 0 Å². The first-order chi connectivity index (χ1) is 12.5.